The van der Waals surface area contributed by atoms with E-state index >= 15 is 0 Å². The van der Waals surface area contributed by atoms with Crippen LogP contribution in [0.25, 0.3) is 17.1 Å². The summed E-state index contributed by atoms with van der Waals surface area (Å²) in [4.78, 5) is 4.37. The maximum Gasteiger partial charge on any atom is 0.145 e. The van der Waals surface area contributed by atoms with Crippen LogP contribution in [0, 0.1) is 6.20 Å². The molecule has 2 nitrogen and oxygen atoms in total. The molecular weight excluding hydrogens is 208 g/mol. The highest BCUT2D eigenvalue weighted by Gasteiger charge is 2.06. The van der Waals surface area contributed by atoms with Crippen LogP contribution in [0.3, 0.4) is 0 Å². The second kappa shape index (κ2) is 4.26. The zero-order valence-corrected chi connectivity index (χ0v) is 9.25. The van der Waals surface area contributed by atoms with Gasteiger partial charge in [0.1, 0.15) is 5.82 Å². The Bertz CT molecular complexity index is 543. The van der Waals surface area contributed by atoms with Crippen LogP contribution in [0.1, 0.15) is 0 Å². The van der Waals surface area contributed by atoms with Gasteiger partial charge < -0.3 is 0 Å². The molecule has 0 spiro atoms. The quantitative estimate of drug-likeness (QED) is 0.646. The fourth-order valence-electron chi connectivity index (χ4n) is 1.83. The Balaban J connectivity index is 2.13. The zero-order valence-electron chi connectivity index (χ0n) is 9.25. The second-order valence-electron chi connectivity index (χ2n) is 3.75. The van der Waals surface area contributed by atoms with Crippen LogP contribution in [-0.2, 0) is 0 Å². The minimum atomic E-state index is 0.914. The van der Waals surface area contributed by atoms with E-state index in [0.29, 0.717) is 0 Å². The molecule has 3 rings (SSSR count). The Morgan fingerprint density at radius 1 is 0.824 bits per heavy atom. The molecule has 1 aromatic heterocycles. The molecule has 3 aromatic rings. The molecule has 0 saturated heterocycles. The number of hydrogen-bond donors (Lipinski definition) is 0. The minimum absolute atomic E-state index is 0.914. The molecule has 0 saturated carbocycles. The Morgan fingerprint density at radius 2 is 1.47 bits per heavy atom. The predicted molar refractivity (Wildman–Crippen MR) is 67.8 cm³/mol. The molecule has 0 atom stereocenters. The van der Waals surface area contributed by atoms with Gasteiger partial charge in [0.15, 0.2) is 0 Å². The number of rotatable bonds is 2. The van der Waals surface area contributed by atoms with Gasteiger partial charge in [0.2, 0.25) is 0 Å². The lowest BCUT2D eigenvalue weighted by Crippen LogP contribution is -1.95. The van der Waals surface area contributed by atoms with Gasteiger partial charge in [-0.05, 0) is 12.1 Å². The Morgan fingerprint density at radius 3 is 2.18 bits per heavy atom. The Labute approximate surface area is 100 Å². The number of benzene rings is 2. The number of para-hydroxylation sites is 1. The first-order chi connectivity index (χ1) is 8.45. The standard InChI is InChI=1S/C15H11N2/c1-3-7-13(8-4-1)15-16-11-12-17(15)14-9-5-2-6-10-14/h1-11H. The van der Waals surface area contributed by atoms with Crippen molar-refractivity contribution in [1.82, 2.24) is 9.55 Å². The maximum absolute atomic E-state index is 4.37. The third kappa shape index (κ3) is 1.85. The van der Waals surface area contributed by atoms with Crippen LogP contribution in [0.15, 0.2) is 66.9 Å². The van der Waals surface area contributed by atoms with Crippen molar-refractivity contribution in [2.75, 3.05) is 0 Å². The summed E-state index contributed by atoms with van der Waals surface area (Å²) in [7, 11) is 0. The molecule has 2 heteroatoms. The lowest BCUT2D eigenvalue weighted by atomic mass is 10.2. The van der Waals surface area contributed by atoms with Crippen molar-refractivity contribution >= 4 is 0 Å². The van der Waals surface area contributed by atoms with Gasteiger partial charge in [-0.25, -0.2) is 4.98 Å². The number of hydrogen-bond acceptors (Lipinski definition) is 1. The van der Waals surface area contributed by atoms with E-state index in [-0.39, 0.29) is 0 Å². The summed E-state index contributed by atoms with van der Waals surface area (Å²) in [5.74, 6) is 0.914. The van der Waals surface area contributed by atoms with E-state index in [9.17, 15) is 0 Å². The van der Waals surface area contributed by atoms with Crippen LogP contribution in [0.4, 0.5) is 0 Å². The topological polar surface area (TPSA) is 17.8 Å². The molecule has 0 amide bonds. The predicted octanol–water partition coefficient (Wildman–Crippen LogP) is 3.34. The third-order valence-electron chi connectivity index (χ3n) is 2.63. The average Bonchev–Trinajstić information content (AvgIpc) is 2.90. The fourth-order valence-corrected chi connectivity index (χ4v) is 1.83. The lowest BCUT2D eigenvalue weighted by molar-refractivity contribution is 1.06. The van der Waals surface area contributed by atoms with Crippen LogP contribution in [0.5, 0.6) is 0 Å². The smallest absolute Gasteiger partial charge is 0.145 e. The second-order valence-corrected chi connectivity index (χ2v) is 3.75. The zero-order chi connectivity index (χ0) is 11.5. The van der Waals surface area contributed by atoms with Crippen molar-refractivity contribution in [2.45, 2.75) is 0 Å². The molecule has 0 aliphatic carbocycles. The number of nitrogens with zero attached hydrogens (tertiary/aromatic N) is 2. The van der Waals surface area contributed by atoms with E-state index in [1.165, 1.54) is 0 Å². The largest absolute Gasteiger partial charge is 0.291 e. The van der Waals surface area contributed by atoms with E-state index < -0.39 is 0 Å². The molecule has 17 heavy (non-hydrogen) atoms. The molecule has 0 aliphatic heterocycles. The van der Waals surface area contributed by atoms with Crippen molar-refractivity contribution in [3.63, 3.8) is 0 Å². The van der Waals surface area contributed by atoms with Gasteiger partial charge >= 0.3 is 0 Å². The minimum Gasteiger partial charge on any atom is -0.291 e. The van der Waals surface area contributed by atoms with E-state index in [0.717, 1.165) is 17.1 Å². The Hall–Kier alpha value is -2.35. The van der Waals surface area contributed by atoms with Gasteiger partial charge in [0.05, 0.1) is 12.4 Å². The molecule has 81 valence electrons. The summed E-state index contributed by atoms with van der Waals surface area (Å²) in [6, 6.07) is 20.3. The summed E-state index contributed by atoms with van der Waals surface area (Å²) in [5.41, 5.74) is 2.17. The molecular formula is C15H11N2. The summed E-state index contributed by atoms with van der Waals surface area (Å²) < 4.78 is 1.97. The van der Waals surface area contributed by atoms with Crippen molar-refractivity contribution in [3.05, 3.63) is 73.1 Å². The molecule has 1 radical (unpaired) electrons. The molecule has 1 heterocycles. The van der Waals surface area contributed by atoms with Crippen molar-refractivity contribution < 1.29 is 0 Å². The summed E-state index contributed by atoms with van der Waals surface area (Å²) >= 11 is 0. The van der Waals surface area contributed by atoms with Gasteiger partial charge in [-0.15, -0.1) is 0 Å². The summed E-state index contributed by atoms with van der Waals surface area (Å²) in [6.45, 7) is 0. The normalized spacial score (nSPS) is 10.4. The first-order valence-corrected chi connectivity index (χ1v) is 5.51. The highest BCUT2D eigenvalue weighted by atomic mass is 15.1. The van der Waals surface area contributed by atoms with Crippen molar-refractivity contribution in [2.24, 2.45) is 0 Å². The average molecular weight is 219 g/mol. The summed E-state index contributed by atoms with van der Waals surface area (Å²) in [6.07, 6.45) is 4.83. The first-order valence-electron chi connectivity index (χ1n) is 5.51. The lowest BCUT2D eigenvalue weighted by Gasteiger charge is -2.06. The molecule has 0 N–H and O–H groups in total. The summed E-state index contributed by atoms with van der Waals surface area (Å²) in [5, 5.41) is 0. The van der Waals surface area contributed by atoms with E-state index in [1.54, 1.807) is 6.20 Å². The molecule has 0 unspecified atom stereocenters. The molecule has 0 aliphatic rings. The van der Waals surface area contributed by atoms with Gasteiger partial charge in [-0.2, -0.15) is 0 Å². The van der Waals surface area contributed by atoms with Gasteiger partial charge in [0, 0.05) is 11.3 Å². The fraction of sp³-hybridized carbons (Fsp3) is 0. The molecule has 0 fully saturated rings. The highest BCUT2D eigenvalue weighted by molar-refractivity contribution is 5.58. The van der Waals surface area contributed by atoms with E-state index in [1.807, 2.05) is 53.1 Å². The number of aromatic nitrogens is 2. The monoisotopic (exact) mass is 219 g/mol. The maximum atomic E-state index is 4.37. The van der Waals surface area contributed by atoms with Crippen molar-refractivity contribution in [1.29, 1.82) is 0 Å². The van der Waals surface area contributed by atoms with E-state index in [2.05, 4.69) is 23.3 Å². The van der Waals surface area contributed by atoms with Crippen LogP contribution >= 0.6 is 0 Å². The molecule has 2 aromatic carbocycles. The van der Waals surface area contributed by atoms with Gasteiger partial charge in [-0.1, -0.05) is 48.5 Å². The van der Waals surface area contributed by atoms with Crippen LogP contribution in [0.2, 0.25) is 0 Å². The Kier molecular flexibility index (Phi) is 2.47. The third-order valence-corrected chi connectivity index (χ3v) is 2.63. The highest BCUT2D eigenvalue weighted by Crippen LogP contribution is 2.20. The SMILES string of the molecule is [c]1cnc(-c2ccccc2)n1-c1ccccc1. The first kappa shape index (κ1) is 9.85. The van der Waals surface area contributed by atoms with Gasteiger partial charge in [0.25, 0.3) is 0 Å². The van der Waals surface area contributed by atoms with Crippen LogP contribution < -0.4 is 0 Å². The number of imidazole rings is 1. The van der Waals surface area contributed by atoms with Crippen LogP contribution in [-0.4, -0.2) is 9.55 Å². The van der Waals surface area contributed by atoms with Crippen molar-refractivity contribution in [3.8, 4) is 17.1 Å². The van der Waals surface area contributed by atoms with E-state index in [4.69, 9.17) is 0 Å². The van der Waals surface area contributed by atoms with Gasteiger partial charge in [-0.3, -0.25) is 4.57 Å². The molecule has 0 bridgehead atoms.